The van der Waals surface area contributed by atoms with Gasteiger partial charge in [-0.25, -0.2) is 4.98 Å². The Morgan fingerprint density at radius 1 is 1.05 bits per heavy atom. The highest BCUT2D eigenvalue weighted by Crippen LogP contribution is 2.27. The first-order valence-electron chi connectivity index (χ1n) is 7.78. The summed E-state index contributed by atoms with van der Waals surface area (Å²) >= 11 is 0. The van der Waals surface area contributed by atoms with Crippen molar-refractivity contribution in [1.82, 2.24) is 9.55 Å². The molecule has 2 aromatic carbocycles. The van der Waals surface area contributed by atoms with Crippen LogP contribution in [0.1, 0.15) is 20.3 Å². The van der Waals surface area contributed by atoms with E-state index in [4.69, 9.17) is 9.72 Å². The Kier molecular flexibility index (Phi) is 4.14. The molecule has 0 saturated carbocycles. The van der Waals surface area contributed by atoms with Crippen LogP contribution in [0, 0.1) is 5.92 Å². The fourth-order valence-corrected chi connectivity index (χ4v) is 2.65. The standard InChI is InChI=1S/C19H22N2O/c1-14(2)12-13-21-18-7-5-4-6-17(18)20-19(21)15-8-10-16(22-3)11-9-15/h4-11,14H,12-13H2,1-3H3. The zero-order valence-corrected chi connectivity index (χ0v) is 13.4. The Balaban J connectivity index is 2.08. The highest BCUT2D eigenvalue weighted by Gasteiger charge is 2.12. The third-order valence-corrected chi connectivity index (χ3v) is 3.93. The van der Waals surface area contributed by atoms with Gasteiger partial charge in [-0.2, -0.15) is 0 Å². The number of hydrogen-bond donors (Lipinski definition) is 0. The maximum Gasteiger partial charge on any atom is 0.141 e. The minimum absolute atomic E-state index is 0.671. The van der Waals surface area contributed by atoms with E-state index in [0.29, 0.717) is 5.92 Å². The number of benzene rings is 2. The third kappa shape index (κ3) is 2.84. The van der Waals surface area contributed by atoms with Crippen molar-refractivity contribution in [2.45, 2.75) is 26.8 Å². The summed E-state index contributed by atoms with van der Waals surface area (Å²) in [5.74, 6) is 2.57. The summed E-state index contributed by atoms with van der Waals surface area (Å²) < 4.78 is 7.58. The van der Waals surface area contributed by atoms with Crippen LogP contribution in [0.15, 0.2) is 48.5 Å². The van der Waals surface area contributed by atoms with Gasteiger partial charge in [-0.05, 0) is 48.7 Å². The Labute approximate surface area is 131 Å². The summed E-state index contributed by atoms with van der Waals surface area (Å²) in [5.41, 5.74) is 3.38. The van der Waals surface area contributed by atoms with E-state index in [2.05, 4.69) is 48.7 Å². The molecule has 3 aromatic rings. The fourth-order valence-electron chi connectivity index (χ4n) is 2.65. The zero-order chi connectivity index (χ0) is 15.5. The van der Waals surface area contributed by atoms with Gasteiger partial charge in [0, 0.05) is 12.1 Å². The Morgan fingerprint density at radius 2 is 1.77 bits per heavy atom. The minimum atomic E-state index is 0.671. The molecule has 0 spiro atoms. The lowest BCUT2D eigenvalue weighted by molar-refractivity contribution is 0.415. The van der Waals surface area contributed by atoms with Gasteiger partial charge in [-0.15, -0.1) is 0 Å². The van der Waals surface area contributed by atoms with E-state index in [9.17, 15) is 0 Å². The number of fused-ring (bicyclic) bond motifs is 1. The van der Waals surface area contributed by atoms with Crippen LogP contribution in [0.2, 0.25) is 0 Å². The summed E-state index contributed by atoms with van der Waals surface area (Å²) in [6, 6.07) is 16.5. The summed E-state index contributed by atoms with van der Waals surface area (Å²) in [6.07, 6.45) is 1.14. The van der Waals surface area contributed by atoms with Crippen LogP contribution < -0.4 is 4.74 Å². The van der Waals surface area contributed by atoms with E-state index in [-0.39, 0.29) is 0 Å². The van der Waals surface area contributed by atoms with E-state index in [1.807, 2.05) is 18.2 Å². The van der Waals surface area contributed by atoms with Crippen LogP contribution >= 0.6 is 0 Å². The predicted molar refractivity (Wildman–Crippen MR) is 91.2 cm³/mol. The fraction of sp³-hybridized carbons (Fsp3) is 0.316. The number of imidazole rings is 1. The number of nitrogens with zero attached hydrogens (tertiary/aromatic N) is 2. The smallest absolute Gasteiger partial charge is 0.141 e. The number of rotatable bonds is 5. The van der Waals surface area contributed by atoms with Crippen molar-refractivity contribution in [1.29, 1.82) is 0 Å². The molecule has 0 atom stereocenters. The predicted octanol–water partition coefficient (Wildman–Crippen LogP) is 4.76. The summed E-state index contributed by atoms with van der Waals surface area (Å²) in [6.45, 7) is 5.50. The van der Waals surface area contributed by atoms with E-state index >= 15 is 0 Å². The summed E-state index contributed by atoms with van der Waals surface area (Å²) in [7, 11) is 1.69. The molecule has 1 heterocycles. The maximum absolute atomic E-state index is 5.25. The van der Waals surface area contributed by atoms with Gasteiger partial charge in [0.1, 0.15) is 11.6 Å². The SMILES string of the molecule is COc1ccc(-c2nc3ccccc3n2CCC(C)C)cc1. The van der Waals surface area contributed by atoms with Crippen molar-refractivity contribution in [3.8, 4) is 17.1 Å². The monoisotopic (exact) mass is 294 g/mol. The van der Waals surface area contributed by atoms with Crippen molar-refractivity contribution in [2.75, 3.05) is 7.11 Å². The number of ether oxygens (including phenoxy) is 1. The van der Waals surface area contributed by atoms with Crippen LogP contribution in [-0.4, -0.2) is 16.7 Å². The zero-order valence-electron chi connectivity index (χ0n) is 13.4. The quantitative estimate of drug-likeness (QED) is 0.678. The topological polar surface area (TPSA) is 27.1 Å². The van der Waals surface area contributed by atoms with E-state index in [0.717, 1.165) is 35.6 Å². The van der Waals surface area contributed by atoms with Gasteiger partial charge in [-0.1, -0.05) is 26.0 Å². The first-order valence-corrected chi connectivity index (χ1v) is 7.78. The first-order chi connectivity index (χ1) is 10.7. The van der Waals surface area contributed by atoms with E-state index in [1.165, 1.54) is 5.52 Å². The lowest BCUT2D eigenvalue weighted by Gasteiger charge is -2.11. The molecule has 1 aromatic heterocycles. The van der Waals surface area contributed by atoms with Gasteiger partial charge in [0.25, 0.3) is 0 Å². The second kappa shape index (κ2) is 6.22. The maximum atomic E-state index is 5.25. The van der Waals surface area contributed by atoms with Crippen molar-refractivity contribution in [3.05, 3.63) is 48.5 Å². The van der Waals surface area contributed by atoms with Crippen molar-refractivity contribution >= 4 is 11.0 Å². The molecule has 22 heavy (non-hydrogen) atoms. The average Bonchev–Trinajstić information content (AvgIpc) is 2.91. The molecular formula is C19H22N2O. The van der Waals surface area contributed by atoms with E-state index in [1.54, 1.807) is 7.11 Å². The second-order valence-corrected chi connectivity index (χ2v) is 5.99. The second-order valence-electron chi connectivity index (χ2n) is 5.99. The molecule has 0 amide bonds. The Hall–Kier alpha value is -2.29. The molecule has 114 valence electrons. The van der Waals surface area contributed by atoms with Gasteiger partial charge < -0.3 is 9.30 Å². The first kappa shape index (κ1) is 14.6. The highest BCUT2D eigenvalue weighted by atomic mass is 16.5. The Bertz CT molecular complexity index is 757. The molecule has 0 N–H and O–H groups in total. The molecule has 0 fully saturated rings. The molecular weight excluding hydrogens is 272 g/mol. The van der Waals surface area contributed by atoms with Crippen LogP contribution in [0.25, 0.3) is 22.4 Å². The van der Waals surface area contributed by atoms with Crippen molar-refractivity contribution in [3.63, 3.8) is 0 Å². The number of aromatic nitrogens is 2. The number of methoxy groups -OCH3 is 1. The summed E-state index contributed by atoms with van der Waals surface area (Å²) in [5, 5.41) is 0. The van der Waals surface area contributed by atoms with Crippen LogP contribution in [-0.2, 0) is 6.54 Å². The highest BCUT2D eigenvalue weighted by molar-refractivity contribution is 5.80. The lowest BCUT2D eigenvalue weighted by Crippen LogP contribution is -2.03. The molecule has 3 heteroatoms. The Morgan fingerprint density at radius 3 is 2.45 bits per heavy atom. The summed E-state index contributed by atoms with van der Waals surface area (Å²) in [4.78, 5) is 4.84. The van der Waals surface area contributed by atoms with Crippen LogP contribution in [0.5, 0.6) is 5.75 Å². The molecule has 0 aliphatic heterocycles. The molecule has 0 radical (unpaired) electrons. The largest absolute Gasteiger partial charge is 0.497 e. The van der Waals surface area contributed by atoms with Crippen molar-refractivity contribution in [2.24, 2.45) is 5.92 Å². The number of para-hydroxylation sites is 2. The lowest BCUT2D eigenvalue weighted by atomic mass is 10.1. The van der Waals surface area contributed by atoms with Crippen molar-refractivity contribution < 1.29 is 4.74 Å². The number of aryl methyl sites for hydroxylation is 1. The van der Waals surface area contributed by atoms with Crippen LogP contribution in [0.3, 0.4) is 0 Å². The molecule has 0 unspecified atom stereocenters. The molecule has 0 saturated heterocycles. The average molecular weight is 294 g/mol. The van der Waals surface area contributed by atoms with Gasteiger partial charge >= 0.3 is 0 Å². The molecule has 0 aliphatic carbocycles. The molecule has 3 nitrogen and oxygen atoms in total. The number of hydrogen-bond acceptors (Lipinski definition) is 2. The van der Waals surface area contributed by atoms with Gasteiger partial charge in [0.05, 0.1) is 18.1 Å². The molecule has 0 bridgehead atoms. The van der Waals surface area contributed by atoms with Gasteiger partial charge in [-0.3, -0.25) is 0 Å². The van der Waals surface area contributed by atoms with Crippen LogP contribution in [0.4, 0.5) is 0 Å². The van der Waals surface area contributed by atoms with Gasteiger partial charge in [0.2, 0.25) is 0 Å². The minimum Gasteiger partial charge on any atom is -0.497 e. The molecule has 3 rings (SSSR count). The molecule has 0 aliphatic rings. The third-order valence-electron chi connectivity index (χ3n) is 3.93. The van der Waals surface area contributed by atoms with E-state index < -0.39 is 0 Å². The normalized spacial score (nSPS) is 11.3. The van der Waals surface area contributed by atoms with Gasteiger partial charge in [0.15, 0.2) is 0 Å².